The summed E-state index contributed by atoms with van der Waals surface area (Å²) >= 11 is 0. The lowest BCUT2D eigenvalue weighted by Crippen LogP contribution is -2.23. The van der Waals surface area contributed by atoms with E-state index in [1.165, 1.54) is 57.8 Å². The van der Waals surface area contributed by atoms with Crippen molar-refractivity contribution in [2.45, 2.75) is 71.6 Å². The summed E-state index contributed by atoms with van der Waals surface area (Å²) in [6.45, 7) is 4.69. The van der Waals surface area contributed by atoms with Gasteiger partial charge in [-0.1, -0.05) is 51.2 Å². The van der Waals surface area contributed by atoms with E-state index in [4.69, 9.17) is 0 Å². The van der Waals surface area contributed by atoms with Crippen LogP contribution in [0.4, 0.5) is 0 Å². The molecule has 0 heterocycles. The minimum atomic E-state index is 0.731. The molecule has 0 atom stereocenters. The van der Waals surface area contributed by atoms with Crippen LogP contribution in [0.1, 0.15) is 71.6 Å². The second-order valence-corrected chi connectivity index (χ2v) is 6.05. The third kappa shape index (κ3) is 2.65. The van der Waals surface area contributed by atoms with Gasteiger partial charge in [0.25, 0.3) is 0 Å². The Labute approximate surface area is 95.1 Å². The summed E-state index contributed by atoms with van der Waals surface area (Å²) in [5.74, 6) is 0.785. The topological polar surface area (TPSA) is 0 Å². The van der Waals surface area contributed by atoms with Crippen LogP contribution < -0.4 is 0 Å². The molecular formula is C15H26. The zero-order chi connectivity index (χ0) is 10.7. The molecule has 0 heteroatoms. The summed E-state index contributed by atoms with van der Waals surface area (Å²) in [6.07, 6.45) is 15.8. The first-order chi connectivity index (χ1) is 7.22. The summed E-state index contributed by atoms with van der Waals surface area (Å²) in [7, 11) is 0. The van der Waals surface area contributed by atoms with E-state index in [0.717, 1.165) is 11.3 Å². The van der Waals surface area contributed by atoms with Crippen molar-refractivity contribution in [3.63, 3.8) is 0 Å². The fraction of sp³-hybridized carbons (Fsp3) is 0.867. The Balaban J connectivity index is 2.00. The molecular weight excluding hydrogens is 180 g/mol. The van der Waals surface area contributed by atoms with E-state index in [9.17, 15) is 0 Å². The summed E-state index contributed by atoms with van der Waals surface area (Å²) in [5.41, 5.74) is 2.46. The molecule has 2 aliphatic carbocycles. The molecule has 0 aromatic heterocycles. The Bertz CT molecular complexity index is 226. The molecule has 0 radical (unpaired) electrons. The molecule has 0 amide bonds. The van der Waals surface area contributed by atoms with Crippen LogP contribution in [-0.4, -0.2) is 0 Å². The van der Waals surface area contributed by atoms with Gasteiger partial charge in [0.05, 0.1) is 0 Å². The lowest BCUT2D eigenvalue weighted by molar-refractivity contribution is 0.212. The fourth-order valence-electron chi connectivity index (χ4n) is 3.42. The molecule has 86 valence electrons. The van der Waals surface area contributed by atoms with Gasteiger partial charge < -0.3 is 0 Å². The van der Waals surface area contributed by atoms with Crippen LogP contribution in [-0.2, 0) is 0 Å². The molecule has 0 N–H and O–H groups in total. The average Bonchev–Trinajstić information content (AvgIpc) is 2.45. The van der Waals surface area contributed by atoms with Gasteiger partial charge in [0, 0.05) is 0 Å². The molecule has 0 unspecified atom stereocenters. The molecule has 1 spiro atoms. The lowest BCUT2D eigenvalue weighted by atomic mass is 9.69. The predicted molar refractivity (Wildman–Crippen MR) is 66.9 cm³/mol. The third-order valence-electron chi connectivity index (χ3n) is 4.65. The molecule has 1 fully saturated rings. The van der Waals surface area contributed by atoms with Crippen LogP contribution in [0, 0.1) is 11.3 Å². The van der Waals surface area contributed by atoms with Crippen molar-refractivity contribution in [3.05, 3.63) is 11.6 Å². The zero-order valence-electron chi connectivity index (χ0n) is 10.5. The van der Waals surface area contributed by atoms with Gasteiger partial charge in [-0.2, -0.15) is 0 Å². The standard InChI is InChI=1S/C15H26/c1-13(2)14-7-11-15(12-8-14)9-5-3-4-6-10-15/h7,13H,3-6,8-12H2,1-2H3. The Kier molecular flexibility index (Phi) is 3.53. The quantitative estimate of drug-likeness (QED) is 0.524. The van der Waals surface area contributed by atoms with E-state index in [2.05, 4.69) is 19.9 Å². The van der Waals surface area contributed by atoms with Crippen LogP contribution in [0.3, 0.4) is 0 Å². The highest BCUT2D eigenvalue weighted by Crippen LogP contribution is 2.46. The highest BCUT2D eigenvalue weighted by atomic mass is 14.4. The minimum absolute atomic E-state index is 0.731. The van der Waals surface area contributed by atoms with E-state index in [-0.39, 0.29) is 0 Å². The highest BCUT2D eigenvalue weighted by molar-refractivity contribution is 5.11. The van der Waals surface area contributed by atoms with E-state index in [1.54, 1.807) is 5.57 Å². The summed E-state index contributed by atoms with van der Waals surface area (Å²) in [6, 6.07) is 0. The monoisotopic (exact) mass is 206 g/mol. The fourth-order valence-corrected chi connectivity index (χ4v) is 3.42. The lowest BCUT2D eigenvalue weighted by Gasteiger charge is -2.36. The molecule has 15 heavy (non-hydrogen) atoms. The van der Waals surface area contributed by atoms with Gasteiger partial charge in [-0.25, -0.2) is 0 Å². The summed E-state index contributed by atoms with van der Waals surface area (Å²) < 4.78 is 0. The van der Waals surface area contributed by atoms with Gasteiger partial charge >= 0.3 is 0 Å². The molecule has 2 rings (SSSR count). The van der Waals surface area contributed by atoms with Gasteiger partial charge in [-0.15, -0.1) is 0 Å². The molecule has 1 saturated carbocycles. The van der Waals surface area contributed by atoms with E-state index in [1.807, 2.05) is 0 Å². The minimum Gasteiger partial charge on any atom is -0.0845 e. The summed E-state index contributed by atoms with van der Waals surface area (Å²) in [4.78, 5) is 0. The van der Waals surface area contributed by atoms with Crippen LogP contribution in [0.5, 0.6) is 0 Å². The molecule has 0 bridgehead atoms. The average molecular weight is 206 g/mol. The Hall–Kier alpha value is -0.260. The number of hydrogen-bond acceptors (Lipinski definition) is 0. The number of hydrogen-bond donors (Lipinski definition) is 0. The van der Waals surface area contributed by atoms with E-state index < -0.39 is 0 Å². The van der Waals surface area contributed by atoms with Crippen LogP contribution >= 0.6 is 0 Å². The van der Waals surface area contributed by atoms with Crippen molar-refractivity contribution < 1.29 is 0 Å². The molecule has 2 aliphatic rings. The maximum atomic E-state index is 2.58. The second-order valence-electron chi connectivity index (χ2n) is 6.05. The summed E-state index contributed by atoms with van der Waals surface area (Å²) in [5, 5.41) is 0. The van der Waals surface area contributed by atoms with Crippen LogP contribution in [0.15, 0.2) is 11.6 Å². The maximum Gasteiger partial charge on any atom is -0.0260 e. The van der Waals surface area contributed by atoms with Crippen molar-refractivity contribution in [1.82, 2.24) is 0 Å². The van der Waals surface area contributed by atoms with E-state index >= 15 is 0 Å². The smallest absolute Gasteiger partial charge is 0.0260 e. The van der Waals surface area contributed by atoms with Gasteiger partial charge in [-0.3, -0.25) is 0 Å². The molecule has 0 aliphatic heterocycles. The van der Waals surface area contributed by atoms with Crippen molar-refractivity contribution in [3.8, 4) is 0 Å². The van der Waals surface area contributed by atoms with Crippen LogP contribution in [0.2, 0.25) is 0 Å². The maximum absolute atomic E-state index is 2.58. The van der Waals surface area contributed by atoms with Crippen LogP contribution in [0.25, 0.3) is 0 Å². The largest absolute Gasteiger partial charge is 0.0845 e. The van der Waals surface area contributed by atoms with E-state index in [0.29, 0.717) is 0 Å². The number of allylic oxidation sites excluding steroid dienone is 2. The second kappa shape index (κ2) is 4.72. The zero-order valence-corrected chi connectivity index (χ0v) is 10.5. The SMILES string of the molecule is CC(C)C1=CCC2(CCCCCC2)CC1. The van der Waals surface area contributed by atoms with Gasteiger partial charge in [-0.05, 0) is 43.4 Å². The molecule has 0 nitrogen and oxygen atoms in total. The molecule has 0 saturated heterocycles. The van der Waals surface area contributed by atoms with Gasteiger partial charge in [0.1, 0.15) is 0 Å². The first-order valence-electron chi connectivity index (χ1n) is 6.91. The Morgan fingerprint density at radius 2 is 1.67 bits per heavy atom. The van der Waals surface area contributed by atoms with Crippen molar-refractivity contribution >= 4 is 0 Å². The van der Waals surface area contributed by atoms with Gasteiger partial charge in [0.2, 0.25) is 0 Å². The first kappa shape index (κ1) is 11.2. The predicted octanol–water partition coefficient (Wildman–Crippen LogP) is 5.09. The van der Waals surface area contributed by atoms with Crippen molar-refractivity contribution in [1.29, 1.82) is 0 Å². The highest BCUT2D eigenvalue weighted by Gasteiger charge is 2.32. The van der Waals surface area contributed by atoms with Gasteiger partial charge in [0.15, 0.2) is 0 Å². The Morgan fingerprint density at radius 1 is 1.00 bits per heavy atom. The normalized spacial score (nSPS) is 26.5. The first-order valence-corrected chi connectivity index (χ1v) is 6.91. The third-order valence-corrected chi connectivity index (χ3v) is 4.65. The van der Waals surface area contributed by atoms with Crippen molar-refractivity contribution in [2.24, 2.45) is 11.3 Å². The Morgan fingerprint density at radius 3 is 2.13 bits per heavy atom. The molecule has 0 aromatic rings. The molecule has 0 aromatic carbocycles. The number of rotatable bonds is 1. The van der Waals surface area contributed by atoms with Crippen molar-refractivity contribution in [2.75, 3.05) is 0 Å².